The third-order valence-electron chi connectivity index (χ3n) is 7.80. The lowest BCUT2D eigenvalue weighted by Crippen LogP contribution is -2.55. The van der Waals surface area contributed by atoms with Crippen molar-refractivity contribution in [2.45, 2.75) is 36.9 Å². The first-order valence-corrected chi connectivity index (χ1v) is 12.5. The van der Waals surface area contributed by atoms with Gasteiger partial charge in [0.2, 0.25) is 0 Å². The molecule has 3 aliphatic heterocycles. The molecule has 0 aromatic heterocycles. The van der Waals surface area contributed by atoms with Crippen molar-refractivity contribution in [1.29, 1.82) is 0 Å². The van der Waals surface area contributed by atoms with Crippen LogP contribution in [0.15, 0.2) is 81.7 Å². The van der Waals surface area contributed by atoms with Crippen LogP contribution in [0.4, 0.5) is 0 Å². The summed E-state index contributed by atoms with van der Waals surface area (Å²) < 4.78 is 5.88. The van der Waals surface area contributed by atoms with Crippen molar-refractivity contribution in [2.24, 2.45) is 20.7 Å². The molecule has 4 aromatic carbocycles. The van der Waals surface area contributed by atoms with Crippen LogP contribution < -0.4 is 5.73 Å². The number of aliphatic imine (C=N–C) groups is 3. The van der Waals surface area contributed by atoms with Crippen molar-refractivity contribution in [2.75, 3.05) is 13.3 Å². The first kappa shape index (κ1) is 22.5. The average Bonchev–Trinajstić information content (AvgIpc) is 3.52. The summed E-state index contributed by atoms with van der Waals surface area (Å²) in [6.45, 7) is 0.0732. The van der Waals surface area contributed by atoms with Gasteiger partial charge >= 0.3 is 0 Å². The smallest absolute Gasteiger partial charge is 0.160 e. The van der Waals surface area contributed by atoms with E-state index < -0.39 is 24.1 Å². The van der Waals surface area contributed by atoms with Gasteiger partial charge in [0.1, 0.15) is 31.1 Å². The Morgan fingerprint density at radius 1 is 0.973 bits per heavy atom. The van der Waals surface area contributed by atoms with Gasteiger partial charge in [0.05, 0.1) is 12.7 Å². The number of benzene rings is 4. The van der Waals surface area contributed by atoms with E-state index in [0.29, 0.717) is 31.1 Å². The van der Waals surface area contributed by atoms with Crippen molar-refractivity contribution in [3.05, 3.63) is 72.3 Å². The number of amidine groups is 1. The molecular weight excluding hydrogens is 466 g/mol. The molecule has 0 bridgehead atoms. The highest BCUT2D eigenvalue weighted by molar-refractivity contribution is 6.47. The largest absolute Gasteiger partial charge is 0.394 e. The maximum absolute atomic E-state index is 10.2. The van der Waals surface area contributed by atoms with Crippen molar-refractivity contribution < 1.29 is 14.9 Å². The van der Waals surface area contributed by atoms with E-state index in [1.165, 1.54) is 22.5 Å². The minimum Gasteiger partial charge on any atom is -0.394 e. The van der Waals surface area contributed by atoms with E-state index in [2.05, 4.69) is 70.6 Å². The SMILES string of the molecule is NC1(Cc2c3ccccc3cc3c2ccc2ccccc23)N=CN=C2C1=NCN2[C@H]1C[C@H](O)[C@@H](CO)O1. The quantitative estimate of drug-likeness (QED) is 0.299. The van der Waals surface area contributed by atoms with E-state index in [1.54, 1.807) is 0 Å². The second kappa shape index (κ2) is 8.43. The summed E-state index contributed by atoms with van der Waals surface area (Å²) in [5.41, 5.74) is 7.67. The fraction of sp³-hybridized carbons (Fsp3) is 0.276. The molecule has 8 heteroatoms. The average molecular weight is 494 g/mol. The summed E-state index contributed by atoms with van der Waals surface area (Å²) in [7, 11) is 0. The predicted octanol–water partition coefficient (Wildman–Crippen LogP) is 2.97. The van der Waals surface area contributed by atoms with Crippen molar-refractivity contribution in [1.82, 2.24) is 4.90 Å². The molecule has 3 aliphatic rings. The van der Waals surface area contributed by atoms with Crippen LogP contribution in [0.2, 0.25) is 0 Å². The molecule has 3 heterocycles. The summed E-state index contributed by atoms with van der Waals surface area (Å²) in [5, 5.41) is 26.8. The van der Waals surface area contributed by atoms with Crippen LogP contribution in [0.1, 0.15) is 12.0 Å². The highest BCUT2D eigenvalue weighted by Gasteiger charge is 2.46. The number of fused-ring (bicyclic) bond motifs is 5. The Morgan fingerprint density at radius 2 is 1.76 bits per heavy atom. The first-order valence-electron chi connectivity index (χ1n) is 12.5. The van der Waals surface area contributed by atoms with Gasteiger partial charge in [-0.15, -0.1) is 0 Å². The zero-order chi connectivity index (χ0) is 25.1. The van der Waals surface area contributed by atoms with Gasteiger partial charge in [0, 0.05) is 12.8 Å². The van der Waals surface area contributed by atoms with E-state index in [-0.39, 0.29) is 6.61 Å². The third kappa shape index (κ3) is 3.48. The van der Waals surface area contributed by atoms with Gasteiger partial charge in [-0.25, -0.2) is 9.98 Å². The minimum atomic E-state index is -1.11. The van der Waals surface area contributed by atoms with E-state index in [4.69, 9.17) is 15.5 Å². The Labute approximate surface area is 213 Å². The molecule has 8 nitrogen and oxygen atoms in total. The van der Waals surface area contributed by atoms with Gasteiger partial charge in [-0.05, 0) is 43.9 Å². The number of rotatable bonds is 4. The van der Waals surface area contributed by atoms with Gasteiger partial charge < -0.3 is 25.6 Å². The van der Waals surface area contributed by atoms with Gasteiger partial charge in [0.25, 0.3) is 0 Å². The highest BCUT2D eigenvalue weighted by Crippen LogP contribution is 2.37. The van der Waals surface area contributed by atoms with Crippen LogP contribution in [-0.2, 0) is 11.2 Å². The first-order chi connectivity index (χ1) is 18.1. The normalized spacial score (nSPS) is 27.2. The van der Waals surface area contributed by atoms with Crippen LogP contribution in [0, 0.1) is 0 Å². The van der Waals surface area contributed by atoms with Crippen LogP contribution in [-0.4, -0.2) is 70.4 Å². The summed E-state index contributed by atoms with van der Waals surface area (Å²) in [5.74, 6) is 0.614. The van der Waals surface area contributed by atoms with Gasteiger partial charge in [-0.3, -0.25) is 4.99 Å². The van der Waals surface area contributed by atoms with E-state index >= 15 is 0 Å². The highest BCUT2D eigenvalue weighted by atomic mass is 16.5. The maximum Gasteiger partial charge on any atom is 0.160 e. The van der Waals surface area contributed by atoms with Gasteiger partial charge in [0.15, 0.2) is 11.5 Å². The number of hydrogen-bond donors (Lipinski definition) is 3. The summed E-state index contributed by atoms with van der Waals surface area (Å²) >= 11 is 0. The van der Waals surface area contributed by atoms with Gasteiger partial charge in [-0.2, -0.15) is 0 Å². The third-order valence-corrected chi connectivity index (χ3v) is 7.80. The molecule has 37 heavy (non-hydrogen) atoms. The molecule has 1 unspecified atom stereocenters. The molecule has 0 aliphatic carbocycles. The van der Waals surface area contributed by atoms with Crippen molar-refractivity contribution >= 4 is 50.2 Å². The Hall–Kier alpha value is -3.69. The molecule has 1 saturated heterocycles. The van der Waals surface area contributed by atoms with Crippen LogP contribution in [0.3, 0.4) is 0 Å². The fourth-order valence-electron chi connectivity index (χ4n) is 5.94. The van der Waals surface area contributed by atoms with Gasteiger partial charge in [-0.1, -0.05) is 60.7 Å². The fourth-order valence-corrected chi connectivity index (χ4v) is 5.94. The van der Waals surface area contributed by atoms with E-state index in [1.807, 2.05) is 11.0 Å². The Kier molecular flexibility index (Phi) is 5.12. The van der Waals surface area contributed by atoms with Crippen LogP contribution in [0.25, 0.3) is 32.3 Å². The second-order valence-electron chi connectivity index (χ2n) is 9.99. The molecule has 0 spiro atoms. The number of nitrogens with two attached hydrogens (primary N) is 1. The summed E-state index contributed by atoms with van der Waals surface area (Å²) in [6, 6.07) is 23.4. The molecule has 7 rings (SSSR count). The molecule has 0 saturated carbocycles. The molecule has 0 radical (unpaired) electrons. The molecule has 1 fully saturated rings. The minimum absolute atomic E-state index is 0.239. The Balaban J connectivity index is 1.31. The monoisotopic (exact) mass is 493 g/mol. The summed E-state index contributed by atoms with van der Waals surface area (Å²) in [4.78, 5) is 15.8. The lowest BCUT2D eigenvalue weighted by atomic mass is 9.86. The zero-order valence-electron chi connectivity index (χ0n) is 20.2. The predicted molar refractivity (Wildman–Crippen MR) is 146 cm³/mol. The number of aliphatic hydroxyl groups is 2. The van der Waals surface area contributed by atoms with Crippen LogP contribution in [0.5, 0.6) is 0 Å². The topological polar surface area (TPSA) is 116 Å². The van der Waals surface area contributed by atoms with E-state index in [9.17, 15) is 10.2 Å². The number of aliphatic hydroxyl groups excluding tert-OH is 2. The molecule has 186 valence electrons. The Bertz CT molecular complexity index is 1650. The van der Waals surface area contributed by atoms with Crippen molar-refractivity contribution in [3.8, 4) is 0 Å². The Morgan fingerprint density at radius 3 is 2.57 bits per heavy atom. The summed E-state index contributed by atoms with van der Waals surface area (Å²) in [6.07, 6.45) is 0.516. The van der Waals surface area contributed by atoms with Crippen molar-refractivity contribution in [3.63, 3.8) is 0 Å². The molecule has 4 N–H and O–H groups in total. The maximum atomic E-state index is 10.2. The second-order valence-corrected chi connectivity index (χ2v) is 9.99. The molecule has 4 aromatic rings. The molecule has 4 atom stereocenters. The lowest BCUT2D eigenvalue weighted by molar-refractivity contribution is -0.0560. The van der Waals surface area contributed by atoms with Crippen LogP contribution >= 0.6 is 0 Å². The molecular formula is C29H27N5O3. The molecule has 0 amide bonds. The number of nitrogens with zero attached hydrogens (tertiary/aromatic N) is 4. The lowest BCUT2D eigenvalue weighted by Gasteiger charge is -2.32. The number of ether oxygens (including phenoxy) is 1. The standard InChI is InChI=1S/C29H27N5O3/c30-29(27-28(31-15-33-29)34(16-32-27)26-12-24(36)25(14-35)37-26)13-23-20-8-4-2-6-18(20)11-22-19-7-3-1-5-17(19)9-10-21(22)23/h1-11,15,24-26,35-36H,12-14,16,30H2/t24-,25+,26+,29?/m0/s1. The van der Waals surface area contributed by atoms with E-state index in [0.717, 1.165) is 21.7 Å². The number of hydrogen-bond acceptors (Lipinski definition) is 8. The zero-order valence-corrected chi connectivity index (χ0v) is 20.2.